The van der Waals surface area contributed by atoms with Crippen LogP contribution in [0.5, 0.6) is 0 Å². The highest BCUT2D eigenvalue weighted by Crippen LogP contribution is 2.26. The number of primary amides is 2. The smallest absolute Gasteiger partial charge is 0.248 e. The summed E-state index contributed by atoms with van der Waals surface area (Å²) in [5.41, 5.74) is 11.9. The van der Waals surface area contributed by atoms with Crippen LogP contribution in [0.4, 0.5) is 5.69 Å². The van der Waals surface area contributed by atoms with E-state index in [2.05, 4.69) is 12.2 Å². The van der Waals surface area contributed by atoms with Crippen molar-refractivity contribution in [3.8, 4) is 0 Å². The van der Waals surface area contributed by atoms with E-state index in [9.17, 15) is 9.59 Å². The Hall–Kier alpha value is -2.04. The molecule has 1 aliphatic carbocycles. The minimum atomic E-state index is -0.562. The second-order valence-corrected chi connectivity index (χ2v) is 5.63. The van der Waals surface area contributed by atoms with Crippen LogP contribution in [0.2, 0.25) is 0 Å². The van der Waals surface area contributed by atoms with Crippen LogP contribution in [0.3, 0.4) is 0 Å². The maximum Gasteiger partial charge on any atom is 0.248 e. The fourth-order valence-electron chi connectivity index (χ4n) is 2.64. The fraction of sp³-hybridized carbons (Fsp3) is 0.467. The standard InChI is InChI=1S/C15H21N3O2/c1-9-2-4-12(5-3-9)18-13-7-10(14(16)19)6-11(8-13)15(17)20/h6-9,12,18H,2-5H2,1H3,(H2,16,19)(H2,17,20). The molecule has 5 heteroatoms. The maximum atomic E-state index is 11.3. The Labute approximate surface area is 118 Å². The Morgan fingerprint density at radius 2 is 1.50 bits per heavy atom. The van der Waals surface area contributed by atoms with Crippen molar-refractivity contribution in [1.29, 1.82) is 0 Å². The van der Waals surface area contributed by atoms with Gasteiger partial charge in [-0.1, -0.05) is 6.92 Å². The Kier molecular flexibility index (Phi) is 4.27. The summed E-state index contributed by atoms with van der Waals surface area (Å²) in [5.74, 6) is -0.354. The first-order chi connectivity index (χ1) is 9.45. The van der Waals surface area contributed by atoms with E-state index in [1.54, 1.807) is 12.1 Å². The summed E-state index contributed by atoms with van der Waals surface area (Å²) in [6.07, 6.45) is 4.56. The molecule has 1 saturated carbocycles. The van der Waals surface area contributed by atoms with Crippen LogP contribution >= 0.6 is 0 Å². The van der Waals surface area contributed by atoms with E-state index in [1.807, 2.05) is 0 Å². The summed E-state index contributed by atoms with van der Waals surface area (Å²) in [6.45, 7) is 2.26. The molecule has 1 aliphatic rings. The zero-order valence-corrected chi connectivity index (χ0v) is 11.7. The first kappa shape index (κ1) is 14.4. The predicted molar refractivity (Wildman–Crippen MR) is 78.5 cm³/mol. The average molecular weight is 275 g/mol. The van der Waals surface area contributed by atoms with E-state index in [-0.39, 0.29) is 0 Å². The number of hydrogen-bond donors (Lipinski definition) is 3. The van der Waals surface area contributed by atoms with Crippen molar-refractivity contribution in [1.82, 2.24) is 0 Å². The third-order valence-corrected chi connectivity index (χ3v) is 3.89. The van der Waals surface area contributed by atoms with Gasteiger partial charge in [-0.15, -0.1) is 0 Å². The molecule has 20 heavy (non-hydrogen) atoms. The molecule has 2 rings (SSSR count). The summed E-state index contributed by atoms with van der Waals surface area (Å²) < 4.78 is 0. The second-order valence-electron chi connectivity index (χ2n) is 5.63. The number of carbonyl (C=O) groups is 2. The van der Waals surface area contributed by atoms with Crippen molar-refractivity contribution in [3.63, 3.8) is 0 Å². The van der Waals surface area contributed by atoms with Gasteiger partial charge in [0.15, 0.2) is 0 Å². The van der Waals surface area contributed by atoms with E-state index >= 15 is 0 Å². The van der Waals surface area contributed by atoms with Crippen molar-refractivity contribution >= 4 is 17.5 Å². The van der Waals surface area contributed by atoms with Crippen LogP contribution in [-0.4, -0.2) is 17.9 Å². The highest BCUT2D eigenvalue weighted by Gasteiger charge is 2.18. The molecule has 1 aromatic rings. The number of nitrogens with one attached hydrogen (secondary N) is 1. The summed E-state index contributed by atoms with van der Waals surface area (Å²) in [7, 11) is 0. The summed E-state index contributed by atoms with van der Waals surface area (Å²) in [5, 5.41) is 3.38. The molecule has 0 saturated heterocycles. The van der Waals surface area contributed by atoms with Gasteiger partial charge in [0.2, 0.25) is 11.8 Å². The third-order valence-electron chi connectivity index (χ3n) is 3.89. The lowest BCUT2D eigenvalue weighted by Crippen LogP contribution is -2.26. The van der Waals surface area contributed by atoms with Gasteiger partial charge in [-0.25, -0.2) is 0 Å². The van der Waals surface area contributed by atoms with Crippen molar-refractivity contribution in [3.05, 3.63) is 29.3 Å². The van der Waals surface area contributed by atoms with Crippen molar-refractivity contribution in [2.75, 3.05) is 5.32 Å². The van der Waals surface area contributed by atoms with Crippen LogP contribution in [0.15, 0.2) is 18.2 Å². The van der Waals surface area contributed by atoms with Gasteiger partial charge in [0.1, 0.15) is 0 Å². The van der Waals surface area contributed by atoms with E-state index in [4.69, 9.17) is 11.5 Å². The molecule has 0 bridgehead atoms. The normalized spacial score (nSPS) is 22.2. The Morgan fingerprint density at radius 1 is 1.00 bits per heavy atom. The first-order valence-electron chi connectivity index (χ1n) is 6.97. The molecule has 1 fully saturated rings. The van der Waals surface area contributed by atoms with E-state index in [0.29, 0.717) is 17.2 Å². The maximum absolute atomic E-state index is 11.3. The first-order valence-corrected chi connectivity index (χ1v) is 6.97. The third kappa shape index (κ3) is 3.50. The molecule has 0 spiro atoms. The number of carbonyl (C=O) groups excluding carboxylic acids is 2. The summed E-state index contributed by atoms with van der Waals surface area (Å²) in [6, 6.07) is 5.15. The highest BCUT2D eigenvalue weighted by molar-refractivity contribution is 5.99. The molecular formula is C15H21N3O2. The van der Waals surface area contributed by atoms with Gasteiger partial charge in [0.05, 0.1) is 0 Å². The fourth-order valence-corrected chi connectivity index (χ4v) is 2.64. The van der Waals surface area contributed by atoms with Gasteiger partial charge < -0.3 is 16.8 Å². The Bertz CT molecular complexity index is 488. The Balaban J connectivity index is 2.18. The van der Waals surface area contributed by atoms with Crippen LogP contribution in [0.1, 0.15) is 53.3 Å². The van der Waals surface area contributed by atoms with E-state index in [1.165, 1.54) is 18.9 Å². The molecule has 0 aliphatic heterocycles. The van der Waals surface area contributed by atoms with Gasteiger partial charge in [-0.3, -0.25) is 9.59 Å². The van der Waals surface area contributed by atoms with E-state index < -0.39 is 11.8 Å². The predicted octanol–water partition coefficient (Wildman–Crippen LogP) is 1.87. The lowest BCUT2D eigenvalue weighted by molar-refractivity contribution is 0.0999. The quantitative estimate of drug-likeness (QED) is 0.782. The van der Waals surface area contributed by atoms with Gasteiger partial charge in [0, 0.05) is 22.9 Å². The molecule has 5 nitrogen and oxygen atoms in total. The number of anilines is 1. The Morgan fingerprint density at radius 3 is 1.95 bits per heavy atom. The zero-order valence-electron chi connectivity index (χ0n) is 11.7. The lowest BCUT2D eigenvalue weighted by atomic mass is 9.87. The average Bonchev–Trinajstić information content (AvgIpc) is 2.41. The largest absolute Gasteiger partial charge is 0.382 e. The van der Waals surface area contributed by atoms with Crippen LogP contribution < -0.4 is 16.8 Å². The van der Waals surface area contributed by atoms with E-state index in [0.717, 1.165) is 24.4 Å². The highest BCUT2D eigenvalue weighted by atomic mass is 16.1. The number of benzene rings is 1. The zero-order chi connectivity index (χ0) is 14.7. The lowest BCUT2D eigenvalue weighted by Gasteiger charge is -2.28. The summed E-state index contributed by atoms with van der Waals surface area (Å²) >= 11 is 0. The number of amides is 2. The van der Waals surface area contributed by atoms with Crippen molar-refractivity contribution < 1.29 is 9.59 Å². The molecule has 0 aromatic heterocycles. The van der Waals surface area contributed by atoms with Gasteiger partial charge in [-0.05, 0) is 49.8 Å². The topological polar surface area (TPSA) is 98.2 Å². The molecule has 0 radical (unpaired) electrons. The molecule has 0 unspecified atom stereocenters. The van der Waals surface area contributed by atoms with Crippen molar-refractivity contribution in [2.24, 2.45) is 17.4 Å². The van der Waals surface area contributed by atoms with Crippen LogP contribution in [0.25, 0.3) is 0 Å². The summed E-state index contributed by atoms with van der Waals surface area (Å²) in [4.78, 5) is 22.6. The number of hydrogen-bond acceptors (Lipinski definition) is 3. The molecular weight excluding hydrogens is 254 g/mol. The molecule has 5 N–H and O–H groups in total. The number of rotatable bonds is 4. The van der Waals surface area contributed by atoms with Crippen molar-refractivity contribution in [2.45, 2.75) is 38.6 Å². The minimum absolute atomic E-state index is 0.299. The molecule has 1 aromatic carbocycles. The molecule has 0 heterocycles. The second kappa shape index (κ2) is 5.94. The van der Waals surface area contributed by atoms with Crippen LogP contribution in [-0.2, 0) is 0 Å². The van der Waals surface area contributed by atoms with Gasteiger partial charge in [0.25, 0.3) is 0 Å². The molecule has 108 valence electrons. The van der Waals surface area contributed by atoms with Crippen LogP contribution in [0, 0.1) is 5.92 Å². The van der Waals surface area contributed by atoms with Gasteiger partial charge in [-0.2, -0.15) is 0 Å². The number of nitrogens with two attached hydrogens (primary N) is 2. The SMILES string of the molecule is CC1CCC(Nc2cc(C(N)=O)cc(C(N)=O)c2)CC1. The van der Waals surface area contributed by atoms with Gasteiger partial charge >= 0.3 is 0 Å². The molecule has 2 amide bonds. The monoisotopic (exact) mass is 275 g/mol. The molecule has 0 atom stereocenters. The minimum Gasteiger partial charge on any atom is -0.382 e.